The minimum absolute atomic E-state index is 0.00499. The summed E-state index contributed by atoms with van der Waals surface area (Å²) in [6.45, 7) is -0.425. The van der Waals surface area contributed by atoms with Gasteiger partial charge in [-0.3, -0.25) is 9.69 Å². The van der Waals surface area contributed by atoms with Crippen LogP contribution in [0.2, 0.25) is 0 Å². The minimum Gasteiger partial charge on any atom is -0.465 e. The number of ketones is 1. The quantitative estimate of drug-likeness (QED) is 0.517. The van der Waals surface area contributed by atoms with Crippen LogP contribution in [0.3, 0.4) is 0 Å². The van der Waals surface area contributed by atoms with Crippen molar-refractivity contribution in [2.45, 2.75) is 24.8 Å². The van der Waals surface area contributed by atoms with Gasteiger partial charge in [-0.1, -0.05) is 34.1 Å². The van der Waals surface area contributed by atoms with Gasteiger partial charge in [-0.15, -0.1) is 0 Å². The molecule has 1 fully saturated rings. The average Bonchev–Trinajstić information content (AvgIpc) is 3.28. The van der Waals surface area contributed by atoms with Crippen molar-refractivity contribution >= 4 is 33.8 Å². The molecule has 0 aromatic heterocycles. The zero-order valence-electron chi connectivity index (χ0n) is 15.5. The number of alkyl halides is 2. The van der Waals surface area contributed by atoms with Crippen LogP contribution in [0, 0.1) is 0 Å². The number of carbonyl (C=O) groups is 3. The first-order valence-electron chi connectivity index (χ1n) is 9.22. The van der Waals surface area contributed by atoms with Crippen LogP contribution in [-0.2, 0) is 15.5 Å². The summed E-state index contributed by atoms with van der Waals surface area (Å²) in [5, 5.41) is 9.10. The van der Waals surface area contributed by atoms with Gasteiger partial charge >= 0.3 is 12.1 Å². The Kier molecular flexibility index (Phi) is 5.09. The average molecular weight is 480 g/mol. The molecule has 4 rings (SSSR count). The fourth-order valence-corrected chi connectivity index (χ4v) is 4.29. The number of rotatable bonds is 4. The number of nitrogens with zero attached hydrogens (tertiary/aromatic N) is 1. The molecule has 1 saturated heterocycles. The van der Waals surface area contributed by atoms with Crippen molar-refractivity contribution < 1.29 is 33.0 Å². The second-order valence-corrected chi connectivity index (χ2v) is 8.11. The van der Waals surface area contributed by atoms with Gasteiger partial charge in [0.1, 0.15) is 6.04 Å². The number of halogens is 3. The van der Waals surface area contributed by atoms with E-state index in [1.54, 1.807) is 12.1 Å². The summed E-state index contributed by atoms with van der Waals surface area (Å²) in [6.07, 6.45) is -0.387. The highest BCUT2D eigenvalue weighted by Gasteiger charge is 2.44. The SMILES string of the molecule is O=C(COC(=O)C1CCCN1C(=O)O)c1ccc2c(c1)C(F)(F)c1cc(Br)ccc1-2. The molecule has 1 N–H and O–H groups in total. The summed E-state index contributed by atoms with van der Waals surface area (Å²) in [4.78, 5) is 36.7. The summed E-state index contributed by atoms with van der Waals surface area (Å²) >= 11 is 3.20. The van der Waals surface area contributed by atoms with Gasteiger partial charge in [-0.25, -0.2) is 9.59 Å². The summed E-state index contributed by atoms with van der Waals surface area (Å²) in [6, 6.07) is 7.67. The van der Waals surface area contributed by atoms with Crippen LogP contribution in [0.25, 0.3) is 11.1 Å². The summed E-state index contributed by atoms with van der Waals surface area (Å²) < 4.78 is 35.3. The molecule has 1 atom stereocenters. The van der Waals surface area contributed by atoms with E-state index >= 15 is 0 Å². The van der Waals surface area contributed by atoms with Gasteiger partial charge in [-0.05, 0) is 42.2 Å². The van der Waals surface area contributed by atoms with Crippen LogP contribution in [0.5, 0.6) is 0 Å². The van der Waals surface area contributed by atoms with Crippen molar-refractivity contribution in [3.8, 4) is 11.1 Å². The Balaban J connectivity index is 1.51. The molecule has 1 unspecified atom stereocenters. The Morgan fingerprint density at radius 2 is 1.80 bits per heavy atom. The Labute approximate surface area is 178 Å². The molecule has 0 saturated carbocycles. The number of Topliss-reactive ketones (excluding diaryl/α,β-unsaturated/α-hetero) is 1. The number of amides is 1. The molecule has 9 heteroatoms. The maximum atomic E-state index is 14.9. The highest BCUT2D eigenvalue weighted by molar-refractivity contribution is 9.10. The number of hydrogen-bond donors (Lipinski definition) is 1. The standard InChI is InChI=1S/C21H16BrF2NO5/c22-12-4-6-14-13-5-3-11(8-15(13)21(23,24)16(14)9-12)18(26)10-30-19(27)17-2-1-7-25(17)20(28)29/h3-6,8-9,17H,1-2,7,10H2,(H,28,29). The second-order valence-electron chi connectivity index (χ2n) is 7.19. The smallest absolute Gasteiger partial charge is 0.408 e. The Hall–Kier alpha value is -2.81. The van der Waals surface area contributed by atoms with Gasteiger partial charge in [0.15, 0.2) is 12.4 Å². The van der Waals surface area contributed by atoms with Crippen molar-refractivity contribution in [3.05, 3.63) is 57.6 Å². The maximum Gasteiger partial charge on any atom is 0.408 e. The van der Waals surface area contributed by atoms with E-state index in [0.717, 1.165) is 11.0 Å². The lowest BCUT2D eigenvalue weighted by atomic mass is 10.0. The first kappa shape index (κ1) is 20.5. The van der Waals surface area contributed by atoms with Crippen LogP contribution >= 0.6 is 15.9 Å². The predicted molar refractivity (Wildman–Crippen MR) is 106 cm³/mol. The molecule has 0 bridgehead atoms. The fourth-order valence-electron chi connectivity index (χ4n) is 3.93. The van der Waals surface area contributed by atoms with Gasteiger partial charge in [0.25, 0.3) is 5.92 Å². The fraction of sp³-hybridized carbons (Fsp3) is 0.286. The van der Waals surface area contributed by atoms with E-state index in [4.69, 9.17) is 9.84 Å². The normalized spacial score (nSPS) is 18.6. The van der Waals surface area contributed by atoms with E-state index < -0.39 is 36.4 Å². The molecular weight excluding hydrogens is 464 g/mol. The number of hydrogen-bond acceptors (Lipinski definition) is 4. The molecule has 156 valence electrons. The van der Waals surface area contributed by atoms with E-state index in [2.05, 4.69) is 15.9 Å². The molecule has 30 heavy (non-hydrogen) atoms. The zero-order valence-corrected chi connectivity index (χ0v) is 17.1. The summed E-state index contributed by atoms with van der Waals surface area (Å²) in [7, 11) is 0. The number of esters is 1. The van der Waals surface area contributed by atoms with Gasteiger partial charge in [0.2, 0.25) is 0 Å². The lowest BCUT2D eigenvalue weighted by Gasteiger charge is -2.19. The first-order valence-corrected chi connectivity index (χ1v) is 10.0. The van der Waals surface area contributed by atoms with Crippen LogP contribution in [-0.4, -0.2) is 47.0 Å². The van der Waals surface area contributed by atoms with E-state index in [1.807, 2.05) is 0 Å². The Morgan fingerprint density at radius 3 is 2.50 bits per heavy atom. The van der Waals surface area contributed by atoms with Crippen molar-refractivity contribution in [1.29, 1.82) is 0 Å². The number of fused-ring (bicyclic) bond motifs is 3. The number of ether oxygens (including phenoxy) is 1. The molecule has 0 spiro atoms. The van der Waals surface area contributed by atoms with Gasteiger partial charge in [-0.2, -0.15) is 8.78 Å². The van der Waals surface area contributed by atoms with E-state index in [0.29, 0.717) is 28.4 Å². The lowest BCUT2D eigenvalue weighted by Crippen LogP contribution is -2.41. The molecule has 6 nitrogen and oxygen atoms in total. The molecule has 2 aromatic carbocycles. The third-order valence-corrected chi connectivity index (χ3v) is 5.90. The lowest BCUT2D eigenvalue weighted by molar-refractivity contribution is -0.147. The second kappa shape index (κ2) is 7.46. The highest BCUT2D eigenvalue weighted by Crippen LogP contribution is 2.51. The van der Waals surface area contributed by atoms with Crippen molar-refractivity contribution in [1.82, 2.24) is 4.90 Å². The number of carboxylic acid groups (broad SMARTS) is 1. The molecule has 1 aliphatic carbocycles. The highest BCUT2D eigenvalue weighted by atomic mass is 79.9. The van der Waals surface area contributed by atoms with Crippen LogP contribution < -0.4 is 0 Å². The topological polar surface area (TPSA) is 83.9 Å². The predicted octanol–water partition coefficient (Wildman–Crippen LogP) is 4.44. The van der Waals surface area contributed by atoms with Crippen LogP contribution in [0.4, 0.5) is 13.6 Å². The molecule has 1 aliphatic heterocycles. The van der Waals surface area contributed by atoms with Crippen molar-refractivity contribution in [2.75, 3.05) is 13.2 Å². The van der Waals surface area contributed by atoms with E-state index in [9.17, 15) is 23.2 Å². The monoisotopic (exact) mass is 479 g/mol. The Morgan fingerprint density at radius 1 is 1.13 bits per heavy atom. The number of carbonyl (C=O) groups excluding carboxylic acids is 2. The zero-order chi connectivity index (χ0) is 21.6. The maximum absolute atomic E-state index is 14.9. The van der Waals surface area contributed by atoms with Crippen molar-refractivity contribution in [2.24, 2.45) is 0 Å². The number of likely N-dealkylation sites (tertiary alicyclic amines) is 1. The minimum atomic E-state index is -3.26. The molecular formula is C21H16BrF2NO5. The third kappa shape index (κ3) is 3.36. The van der Waals surface area contributed by atoms with Crippen LogP contribution in [0.15, 0.2) is 40.9 Å². The molecule has 0 radical (unpaired) electrons. The molecule has 1 heterocycles. The molecule has 2 aromatic rings. The largest absolute Gasteiger partial charge is 0.465 e. The molecule has 2 aliphatic rings. The molecule has 1 amide bonds. The van der Waals surface area contributed by atoms with Crippen LogP contribution in [0.1, 0.15) is 34.3 Å². The summed E-state index contributed by atoms with van der Waals surface area (Å²) in [5.74, 6) is -4.71. The third-order valence-electron chi connectivity index (χ3n) is 5.41. The number of benzene rings is 2. The first-order chi connectivity index (χ1) is 14.2. The van der Waals surface area contributed by atoms with Gasteiger partial charge < -0.3 is 9.84 Å². The summed E-state index contributed by atoms with van der Waals surface area (Å²) in [5.41, 5.74) is 0.325. The van der Waals surface area contributed by atoms with Crippen molar-refractivity contribution in [3.63, 3.8) is 0 Å². The van der Waals surface area contributed by atoms with E-state index in [1.165, 1.54) is 18.2 Å². The Bertz CT molecular complexity index is 1070. The van der Waals surface area contributed by atoms with Gasteiger partial charge in [0.05, 0.1) is 0 Å². The van der Waals surface area contributed by atoms with Gasteiger partial charge in [0, 0.05) is 27.7 Å². The van der Waals surface area contributed by atoms with E-state index in [-0.39, 0.29) is 23.2 Å².